The molecule has 0 spiro atoms. The zero-order valence-corrected chi connectivity index (χ0v) is 8.18. The van der Waals surface area contributed by atoms with Crippen LogP contribution in [-0.2, 0) is 13.8 Å². The van der Waals surface area contributed by atoms with Gasteiger partial charge in [0.2, 0.25) is 0 Å². The Hall–Kier alpha value is 0.135. The first-order valence-electron chi connectivity index (χ1n) is 3.92. The summed E-state index contributed by atoms with van der Waals surface area (Å²) in [6.45, 7) is 0.966. The molecule has 0 amide bonds. The third kappa shape index (κ3) is 3.79. The smallest absolute Gasteiger partial charge is 0.325 e. The monoisotopic (exact) mass is 206 g/mol. The van der Waals surface area contributed by atoms with Crippen LogP contribution in [0.1, 0.15) is 6.42 Å². The Kier molecular flexibility index (Phi) is 3.54. The number of aliphatic hydroxyl groups is 1. The molecule has 1 aliphatic rings. The van der Waals surface area contributed by atoms with Crippen LogP contribution in [0.3, 0.4) is 0 Å². The van der Waals surface area contributed by atoms with E-state index >= 15 is 0 Å². The van der Waals surface area contributed by atoms with Crippen LogP contribution in [0.25, 0.3) is 0 Å². The molecule has 7 heteroatoms. The molecule has 0 aliphatic carbocycles. The number of hydrogen-bond acceptors (Lipinski definition) is 4. The highest BCUT2D eigenvalue weighted by molar-refractivity contribution is 7.51. The van der Waals surface area contributed by atoms with E-state index in [2.05, 4.69) is 4.52 Å². The lowest BCUT2D eigenvalue weighted by atomic mass is 9.96. The molecule has 1 rings (SSSR count). The minimum Gasteiger partial charge on any atom is -0.390 e. The van der Waals surface area contributed by atoms with Crippen molar-refractivity contribution in [3.05, 3.63) is 0 Å². The highest BCUT2D eigenvalue weighted by Gasteiger charge is 2.32. The van der Waals surface area contributed by atoms with Crippen LogP contribution in [-0.4, -0.2) is 49.3 Å². The standard InChI is InChI=1S/C6H12BO5P/c1-13(9,10)11-3-5-4(8)2-6(7)12-5/h4-6,8H,2-3H2,1H3,(H,9,10). The summed E-state index contributed by atoms with van der Waals surface area (Å²) >= 11 is 0. The van der Waals surface area contributed by atoms with Gasteiger partial charge in [-0.05, 0) is 6.42 Å². The fourth-order valence-electron chi connectivity index (χ4n) is 1.12. The highest BCUT2D eigenvalue weighted by Crippen LogP contribution is 2.37. The molecule has 2 radical (unpaired) electrons. The van der Waals surface area contributed by atoms with E-state index in [9.17, 15) is 9.67 Å². The summed E-state index contributed by atoms with van der Waals surface area (Å²) in [5, 5.41) is 9.30. The van der Waals surface area contributed by atoms with Crippen molar-refractivity contribution in [1.82, 2.24) is 0 Å². The predicted octanol–water partition coefficient (Wildman–Crippen LogP) is -0.537. The van der Waals surface area contributed by atoms with Crippen molar-refractivity contribution < 1.29 is 23.8 Å². The SMILES string of the molecule is [B]C1CC(O)C(COP(C)(=O)O)O1. The van der Waals surface area contributed by atoms with Gasteiger partial charge < -0.3 is 19.3 Å². The molecule has 1 aliphatic heterocycles. The Balaban J connectivity index is 2.34. The van der Waals surface area contributed by atoms with E-state index in [0.717, 1.165) is 6.66 Å². The predicted molar refractivity (Wildman–Crippen MR) is 46.7 cm³/mol. The number of rotatable bonds is 3. The third-order valence-electron chi connectivity index (χ3n) is 1.73. The normalized spacial score (nSPS) is 38.8. The van der Waals surface area contributed by atoms with E-state index in [1.54, 1.807) is 0 Å². The van der Waals surface area contributed by atoms with E-state index < -0.39 is 25.8 Å². The maximum atomic E-state index is 10.7. The lowest BCUT2D eigenvalue weighted by Gasteiger charge is -2.15. The second-order valence-corrected chi connectivity index (χ2v) is 4.98. The Morgan fingerprint density at radius 3 is 2.77 bits per heavy atom. The average molecular weight is 206 g/mol. The molecular weight excluding hydrogens is 194 g/mol. The molecule has 4 atom stereocenters. The quantitative estimate of drug-likeness (QED) is 0.479. The van der Waals surface area contributed by atoms with Crippen LogP contribution in [0.5, 0.6) is 0 Å². The van der Waals surface area contributed by atoms with Gasteiger partial charge in [0.25, 0.3) is 0 Å². The van der Waals surface area contributed by atoms with E-state index in [4.69, 9.17) is 17.5 Å². The molecule has 1 heterocycles. The Bertz CT molecular complexity index is 217. The van der Waals surface area contributed by atoms with E-state index in [-0.39, 0.29) is 6.61 Å². The Morgan fingerprint density at radius 1 is 1.77 bits per heavy atom. The number of aliphatic hydroxyl groups excluding tert-OH is 1. The Morgan fingerprint density at radius 2 is 2.38 bits per heavy atom. The fourth-order valence-corrected chi connectivity index (χ4v) is 1.55. The zero-order valence-electron chi connectivity index (χ0n) is 7.29. The van der Waals surface area contributed by atoms with Gasteiger partial charge >= 0.3 is 7.60 Å². The van der Waals surface area contributed by atoms with Crippen molar-refractivity contribution in [3.8, 4) is 0 Å². The van der Waals surface area contributed by atoms with Crippen LogP contribution >= 0.6 is 7.60 Å². The maximum Gasteiger partial charge on any atom is 0.325 e. The summed E-state index contributed by atoms with van der Waals surface area (Å²) in [5.74, 6) is 0. The first-order chi connectivity index (χ1) is 5.88. The topological polar surface area (TPSA) is 76.0 Å². The van der Waals surface area contributed by atoms with Gasteiger partial charge in [-0.2, -0.15) is 0 Å². The van der Waals surface area contributed by atoms with Gasteiger partial charge in [0.15, 0.2) is 0 Å². The van der Waals surface area contributed by atoms with E-state index in [0.29, 0.717) is 6.42 Å². The molecule has 0 bridgehead atoms. The summed E-state index contributed by atoms with van der Waals surface area (Å²) in [4.78, 5) is 8.80. The fraction of sp³-hybridized carbons (Fsp3) is 1.00. The molecule has 0 aromatic rings. The van der Waals surface area contributed by atoms with Crippen LogP contribution in [0.4, 0.5) is 0 Å². The van der Waals surface area contributed by atoms with E-state index in [1.807, 2.05) is 0 Å². The van der Waals surface area contributed by atoms with Crippen LogP contribution in [0.15, 0.2) is 0 Å². The zero-order chi connectivity index (χ0) is 10.1. The molecule has 13 heavy (non-hydrogen) atoms. The lowest BCUT2D eigenvalue weighted by Crippen LogP contribution is -2.25. The van der Waals surface area contributed by atoms with Crippen molar-refractivity contribution in [1.29, 1.82) is 0 Å². The second-order valence-electron chi connectivity index (χ2n) is 3.11. The van der Waals surface area contributed by atoms with Crippen molar-refractivity contribution in [3.63, 3.8) is 0 Å². The summed E-state index contributed by atoms with van der Waals surface area (Å²) < 4.78 is 20.4. The van der Waals surface area contributed by atoms with Gasteiger partial charge in [0.1, 0.15) is 14.0 Å². The van der Waals surface area contributed by atoms with Crippen molar-refractivity contribution in [2.75, 3.05) is 13.3 Å². The van der Waals surface area contributed by atoms with Crippen molar-refractivity contribution in [2.24, 2.45) is 0 Å². The molecule has 0 saturated carbocycles. The first kappa shape index (κ1) is 11.2. The molecule has 5 nitrogen and oxygen atoms in total. The summed E-state index contributed by atoms with van der Waals surface area (Å²) in [6, 6.07) is -0.515. The van der Waals surface area contributed by atoms with Gasteiger partial charge in [-0.25, -0.2) is 0 Å². The summed E-state index contributed by atoms with van der Waals surface area (Å²) in [7, 11) is 1.89. The molecule has 2 N–H and O–H groups in total. The third-order valence-corrected chi connectivity index (χ3v) is 2.36. The van der Waals surface area contributed by atoms with Gasteiger partial charge in [-0.3, -0.25) is 4.57 Å². The molecular formula is C6H12BO5P. The largest absolute Gasteiger partial charge is 0.390 e. The van der Waals surface area contributed by atoms with Gasteiger partial charge in [-0.15, -0.1) is 0 Å². The van der Waals surface area contributed by atoms with Gasteiger partial charge in [0, 0.05) is 12.7 Å². The second kappa shape index (κ2) is 4.11. The number of ether oxygens (including phenoxy) is 1. The van der Waals surface area contributed by atoms with Crippen molar-refractivity contribution in [2.45, 2.75) is 24.6 Å². The Labute approximate surface area is 78.0 Å². The lowest BCUT2D eigenvalue weighted by molar-refractivity contribution is 0.000603. The molecule has 0 aromatic carbocycles. The van der Waals surface area contributed by atoms with Crippen LogP contribution in [0, 0.1) is 0 Å². The van der Waals surface area contributed by atoms with Crippen molar-refractivity contribution >= 4 is 15.4 Å². The molecule has 1 fully saturated rings. The maximum absolute atomic E-state index is 10.7. The molecule has 4 unspecified atom stereocenters. The van der Waals surface area contributed by atoms with Crippen LogP contribution < -0.4 is 0 Å². The minimum atomic E-state index is -3.50. The molecule has 1 saturated heterocycles. The molecule has 74 valence electrons. The highest BCUT2D eigenvalue weighted by atomic mass is 31.2. The summed E-state index contributed by atoms with van der Waals surface area (Å²) in [5.41, 5.74) is 0. The van der Waals surface area contributed by atoms with Gasteiger partial charge in [0.05, 0.1) is 12.7 Å². The summed E-state index contributed by atoms with van der Waals surface area (Å²) in [6.07, 6.45) is -0.995. The van der Waals surface area contributed by atoms with Crippen LogP contribution in [0.2, 0.25) is 0 Å². The van der Waals surface area contributed by atoms with Gasteiger partial charge in [-0.1, -0.05) is 0 Å². The molecule has 0 aromatic heterocycles. The minimum absolute atomic E-state index is 0.112. The number of hydrogen-bond donors (Lipinski definition) is 2. The van der Waals surface area contributed by atoms with E-state index in [1.165, 1.54) is 0 Å². The first-order valence-corrected chi connectivity index (χ1v) is 5.95. The average Bonchev–Trinajstić information content (AvgIpc) is 2.24.